The summed E-state index contributed by atoms with van der Waals surface area (Å²) in [6.45, 7) is 0. The van der Waals surface area contributed by atoms with Crippen LogP contribution in [0.2, 0.25) is 0 Å². The van der Waals surface area contributed by atoms with Gasteiger partial charge < -0.3 is 10.6 Å². The van der Waals surface area contributed by atoms with Crippen molar-refractivity contribution in [2.24, 2.45) is 0 Å². The molecule has 14 heavy (non-hydrogen) atoms. The lowest BCUT2D eigenvalue weighted by Gasteiger charge is -2.10. The van der Waals surface area contributed by atoms with Gasteiger partial charge in [0, 0.05) is 19.3 Å². The fraction of sp³-hybridized carbons (Fsp3) is 0.600. The van der Waals surface area contributed by atoms with Crippen molar-refractivity contribution in [3.63, 3.8) is 0 Å². The molecular weight excluding hydrogens is 178 g/mol. The van der Waals surface area contributed by atoms with Crippen LogP contribution >= 0.6 is 0 Å². The van der Waals surface area contributed by atoms with Crippen molar-refractivity contribution < 1.29 is 4.79 Å². The zero-order chi connectivity index (χ0) is 10.4. The van der Waals surface area contributed by atoms with Gasteiger partial charge in [0.2, 0.25) is 0 Å². The van der Waals surface area contributed by atoms with E-state index in [2.05, 4.69) is 10.6 Å². The minimum Gasteiger partial charge on any atom is -0.393 e. The maximum Gasteiger partial charge on any atom is 0.263 e. The highest BCUT2D eigenvalue weighted by Crippen LogP contribution is 2.17. The molecule has 0 unspecified atom stereocenters. The van der Waals surface area contributed by atoms with Gasteiger partial charge in [-0.2, -0.15) is 5.26 Å². The van der Waals surface area contributed by atoms with Crippen molar-refractivity contribution in [3.8, 4) is 6.07 Å². The van der Waals surface area contributed by atoms with Crippen LogP contribution in [0, 0.1) is 11.3 Å². The van der Waals surface area contributed by atoms with Crippen molar-refractivity contribution in [3.05, 3.63) is 11.8 Å². The SMILES string of the molecule is CN/C=C(/C#N)C(=O)NC1CCCC1. The summed E-state index contributed by atoms with van der Waals surface area (Å²) >= 11 is 0. The van der Waals surface area contributed by atoms with Crippen LogP contribution in [0.3, 0.4) is 0 Å². The summed E-state index contributed by atoms with van der Waals surface area (Å²) in [5.74, 6) is -0.270. The molecule has 0 heterocycles. The number of carbonyl (C=O) groups excluding carboxylic acids is 1. The van der Waals surface area contributed by atoms with Gasteiger partial charge in [0.25, 0.3) is 5.91 Å². The Morgan fingerprint density at radius 1 is 1.50 bits per heavy atom. The monoisotopic (exact) mass is 193 g/mol. The summed E-state index contributed by atoms with van der Waals surface area (Å²) < 4.78 is 0. The first kappa shape index (κ1) is 10.6. The Bertz CT molecular complexity index is 272. The van der Waals surface area contributed by atoms with E-state index in [9.17, 15) is 4.79 Å². The maximum atomic E-state index is 11.5. The van der Waals surface area contributed by atoms with E-state index >= 15 is 0 Å². The maximum absolute atomic E-state index is 11.5. The summed E-state index contributed by atoms with van der Waals surface area (Å²) in [7, 11) is 1.67. The molecule has 4 heteroatoms. The number of hydrogen-bond donors (Lipinski definition) is 2. The van der Waals surface area contributed by atoms with E-state index in [1.54, 1.807) is 7.05 Å². The average Bonchev–Trinajstić information content (AvgIpc) is 2.66. The van der Waals surface area contributed by atoms with Gasteiger partial charge in [-0.25, -0.2) is 0 Å². The molecule has 1 saturated carbocycles. The number of nitrogens with zero attached hydrogens (tertiary/aromatic N) is 1. The van der Waals surface area contributed by atoms with Gasteiger partial charge in [-0.05, 0) is 12.8 Å². The molecule has 0 aromatic rings. The van der Waals surface area contributed by atoms with E-state index in [4.69, 9.17) is 5.26 Å². The van der Waals surface area contributed by atoms with Crippen molar-refractivity contribution >= 4 is 5.91 Å². The Balaban J connectivity index is 2.47. The lowest BCUT2D eigenvalue weighted by Crippen LogP contribution is -2.33. The molecule has 0 aromatic carbocycles. The van der Waals surface area contributed by atoms with Gasteiger partial charge in [0.1, 0.15) is 11.6 Å². The molecule has 0 radical (unpaired) electrons. The number of hydrogen-bond acceptors (Lipinski definition) is 3. The average molecular weight is 193 g/mol. The second-order valence-corrected chi connectivity index (χ2v) is 3.41. The van der Waals surface area contributed by atoms with Crippen LogP contribution in [0.15, 0.2) is 11.8 Å². The van der Waals surface area contributed by atoms with E-state index in [-0.39, 0.29) is 17.5 Å². The Kier molecular flexibility index (Phi) is 3.99. The first-order valence-corrected chi connectivity index (χ1v) is 4.86. The Morgan fingerprint density at radius 2 is 2.14 bits per heavy atom. The lowest BCUT2D eigenvalue weighted by atomic mass is 10.2. The first-order chi connectivity index (χ1) is 6.77. The fourth-order valence-corrected chi connectivity index (χ4v) is 1.63. The number of carbonyl (C=O) groups is 1. The summed E-state index contributed by atoms with van der Waals surface area (Å²) in [6, 6.07) is 2.12. The van der Waals surface area contributed by atoms with E-state index in [0.29, 0.717) is 0 Å². The Morgan fingerprint density at radius 3 is 2.64 bits per heavy atom. The minimum absolute atomic E-state index is 0.138. The zero-order valence-electron chi connectivity index (χ0n) is 8.34. The standard InChI is InChI=1S/C10H15N3O/c1-12-7-8(6-11)10(14)13-9-4-2-3-5-9/h7,9,12H,2-5H2,1H3,(H,13,14)/b8-7-. The van der Waals surface area contributed by atoms with Gasteiger partial charge in [0.15, 0.2) is 0 Å². The van der Waals surface area contributed by atoms with E-state index < -0.39 is 0 Å². The predicted octanol–water partition coefficient (Wildman–Crippen LogP) is 0.672. The molecule has 0 spiro atoms. The molecule has 0 saturated heterocycles. The molecule has 1 amide bonds. The topological polar surface area (TPSA) is 64.9 Å². The molecule has 76 valence electrons. The van der Waals surface area contributed by atoms with E-state index in [1.165, 1.54) is 19.0 Å². The molecule has 2 N–H and O–H groups in total. The van der Waals surface area contributed by atoms with Crippen LogP contribution in [-0.4, -0.2) is 19.0 Å². The molecule has 0 bridgehead atoms. The van der Waals surface area contributed by atoms with Gasteiger partial charge in [-0.15, -0.1) is 0 Å². The van der Waals surface area contributed by atoms with Gasteiger partial charge >= 0.3 is 0 Å². The number of nitriles is 1. The molecular formula is C10H15N3O. The third kappa shape index (κ3) is 2.77. The second-order valence-electron chi connectivity index (χ2n) is 3.41. The minimum atomic E-state index is -0.270. The van der Waals surface area contributed by atoms with Crippen LogP contribution in [0.4, 0.5) is 0 Å². The molecule has 1 aliphatic carbocycles. The summed E-state index contributed by atoms with van der Waals surface area (Å²) in [6.07, 6.45) is 5.82. The number of amides is 1. The molecule has 1 aliphatic rings. The van der Waals surface area contributed by atoms with Gasteiger partial charge in [-0.3, -0.25) is 4.79 Å². The molecule has 1 rings (SSSR count). The highest BCUT2D eigenvalue weighted by Gasteiger charge is 2.18. The van der Waals surface area contributed by atoms with Crippen molar-refractivity contribution in [1.82, 2.24) is 10.6 Å². The van der Waals surface area contributed by atoms with E-state index in [1.807, 2.05) is 6.07 Å². The molecule has 0 aromatic heterocycles. The molecule has 4 nitrogen and oxygen atoms in total. The zero-order valence-corrected chi connectivity index (χ0v) is 8.34. The Labute approximate surface area is 84.0 Å². The molecule has 0 atom stereocenters. The molecule has 1 fully saturated rings. The van der Waals surface area contributed by atoms with Crippen molar-refractivity contribution in [2.45, 2.75) is 31.7 Å². The lowest BCUT2D eigenvalue weighted by molar-refractivity contribution is -0.117. The van der Waals surface area contributed by atoms with Crippen LogP contribution in [0.25, 0.3) is 0 Å². The van der Waals surface area contributed by atoms with E-state index in [0.717, 1.165) is 12.8 Å². The third-order valence-corrected chi connectivity index (χ3v) is 2.34. The second kappa shape index (κ2) is 5.28. The van der Waals surface area contributed by atoms with Crippen LogP contribution in [0.1, 0.15) is 25.7 Å². The smallest absolute Gasteiger partial charge is 0.263 e. The van der Waals surface area contributed by atoms with Crippen LogP contribution < -0.4 is 10.6 Å². The van der Waals surface area contributed by atoms with Gasteiger partial charge in [-0.1, -0.05) is 12.8 Å². The largest absolute Gasteiger partial charge is 0.393 e. The highest BCUT2D eigenvalue weighted by atomic mass is 16.1. The Hall–Kier alpha value is -1.50. The van der Waals surface area contributed by atoms with Crippen LogP contribution in [0.5, 0.6) is 0 Å². The number of nitrogens with one attached hydrogen (secondary N) is 2. The highest BCUT2D eigenvalue weighted by molar-refractivity contribution is 5.97. The summed E-state index contributed by atoms with van der Waals surface area (Å²) in [5, 5.41) is 14.2. The summed E-state index contributed by atoms with van der Waals surface area (Å²) in [4.78, 5) is 11.5. The number of rotatable bonds is 3. The van der Waals surface area contributed by atoms with Gasteiger partial charge in [0.05, 0.1) is 0 Å². The normalized spacial score (nSPS) is 17.6. The summed E-state index contributed by atoms with van der Waals surface area (Å²) in [5.41, 5.74) is 0.138. The fourth-order valence-electron chi connectivity index (χ4n) is 1.63. The quantitative estimate of drug-likeness (QED) is 0.511. The molecule has 0 aliphatic heterocycles. The van der Waals surface area contributed by atoms with Crippen molar-refractivity contribution in [2.75, 3.05) is 7.05 Å². The third-order valence-electron chi connectivity index (χ3n) is 2.34. The first-order valence-electron chi connectivity index (χ1n) is 4.86. The van der Waals surface area contributed by atoms with Crippen molar-refractivity contribution in [1.29, 1.82) is 5.26 Å². The predicted molar refractivity (Wildman–Crippen MR) is 53.2 cm³/mol. The van der Waals surface area contributed by atoms with Crippen LogP contribution in [-0.2, 0) is 4.79 Å².